The average molecular weight is 382 g/mol. The second-order valence-corrected chi connectivity index (χ2v) is 8.02. The second-order valence-electron chi connectivity index (χ2n) is 6.88. The van der Waals surface area contributed by atoms with Crippen LogP contribution in [0.3, 0.4) is 0 Å². The number of rotatable bonds is 5. The van der Waals surface area contributed by atoms with Crippen LogP contribution in [0.4, 0.5) is 0 Å². The van der Waals surface area contributed by atoms with Crippen LogP contribution < -0.4 is 5.32 Å². The molecule has 0 saturated carbocycles. The third-order valence-corrected chi connectivity index (χ3v) is 6.35. The molecule has 5 nitrogen and oxygen atoms in total. The molecule has 0 aliphatic heterocycles. The number of esters is 1. The van der Waals surface area contributed by atoms with E-state index in [4.69, 9.17) is 4.74 Å². The molecular weight excluding hydrogens is 360 g/mol. The maximum atomic E-state index is 12.8. The first-order chi connectivity index (χ1) is 13.2. The van der Waals surface area contributed by atoms with Gasteiger partial charge in [-0.15, -0.1) is 11.3 Å². The molecule has 0 spiro atoms. The Morgan fingerprint density at radius 1 is 1.26 bits per heavy atom. The summed E-state index contributed by atoms with van der Waals surface area (Å²) in [5.74, 6) is -0.639. The van der Waals surface area contributed by atoms with Gasteiger partial charge < -0.3 is 15.0 Å². The van der Waals surface area contributed by atoms with Gasteiger partial charge >= 0.3 is 5.97 Å². The number of aromatic nitrogens is 1. The summed E-state index contributed by atoms with van der Waals surface area (Å²) in [5.41, 5.74) is 3.27. The molecule has 2 heterocycles. The zero-order valence-electron chi connectivity index (χ0n) is 15.2. The number of methoxy groups -OCH3 is 1. The maximum absolute atomic E-state index is 12.8. The van der Waals surface area contributed by atoms with E-state index < -0.39 is 12.0 Å². The maximum Gasteiger partial charge on any atom is 0.328 e. The Balaban J connectivity index is 1.54. The molecule has 0 bridgehead atoms. The highest BCUT2D eigenvalue weighted by atomic mass is 32.1. The molecule has 2 aromatic heterocycles. The van der Waals surface area contributed by atoms with Crippen LogP contribution in [-0.2, 0) is 28.8 Å². The van der Waals surface area contributed by atoms with Crippen LogP contribution in [0, 0.1) is 0 Å². The number of hydrogen-bond donors (Lipinski definition) is 2. The zero-order valence-corrected chi connectivity index (χ0v) is 16.0. The molecule has 0 radical (unpaired) electrons. The largest absolute Gasteiger partial charge is 0.467 e. The van der Waals surface area contributed by atoms with Crippen molar-refractivity contribution in [3.8, 4) is 0 Å². The minimum absolute atomic E-state index is 0.204. The standard InChI is InChI=1S/C21H22N2O3S/c1-26-21(25)17(10-14-12-22-16-8-4-3-7-15(14)16)23-20(24)19-11-13-6-2-5-9-18(13)27-19/h3-4,7-8,11-12,17,22H,2,5-6,9-10H2,1H3,(H,23,24)/t17-/m1/s1. The van der Waals surface area contributed by atoms with Crippen molar-refractivity contribution in [3.63, 3.8) is 0 Å². The molecular formula is C21H22N2O3S. The van der Waals surface area contributed by atoms with Crippen molar-refractivity contribution in [3.05, 3.63) is 57.4 Å². The van der Waals surface area contributed by atoms with E-state index in [1.54, 1.807) is 11.3 Å². The van der Waals surface area contributed by atoms with Gasteiger partial charge in [0, 0.05) is 28.4 Å². The highest BCUT2D eigenvalue weighted by molar-refractivity contribution is 7.14. The van der Waals surface area contributed by atoms with E-state index >= 15 is 0 Å². The Kier molecular flexibility index (Phi) is 4.99. The van der Waals surface area contributed by atoms with Gasteiger partial charge in [-0.05, 0) is 48.9 Å². The average Bonchev–Trinajstić information content (AvgIpc) is 3.31. The first kappa shape index (κ1) is 17.8. The van der Waals surface area contributed by atoms with Crippen LogP contribution in [0.2, 0.25) is 0 Å². The van der Waals surface area contributed by atoms with E-state index in [1.807, 2.05) is 36.5 Å². The molecule has 1 aromatic carbocycles. The molecule has 27 heavy (non-hydrogen) atoms. The number of nitrogens with one attached hydrogen (secondary N) is 2. The summed E-state index contributed by atoms with van der Waals surface area (Å²) in [6.07, 6.45) is 6.71. The molecule has 0 unspecified atom stereocenters. The van der Waals surface area contributed by atoms with Crippen LogP contribution >= 0.6 is 11.3 Å². The number of ether oxygens (including phenoxy) is 1. The van der Waals surface area contributed by atoms with Crippen LogP contribution in [0.5, 0.6) is 0 Å². The van der Waals surface area contributed by atoms with Crippen LogP contribution in [0.25, 0.3) is 10.9 Å². The monoisotopic (exact) mass is 382 g/mol. The lowest BCUT2D eigenvalue weighted by Crippen LogP contribution is -2.42. The van der Waals surface area contributed by atoms with Crippen LogP contribution in [-0.4, -0.2) is 30.0 Å². The van der Waals surface area contributed by atoms with Crippen molar-refractivity contribution >= 4 is 34.1 Å². The van der Waals surface area contributed by atoms with E-state index in [0.717, 1.165) is 29.3 Å². The second kappa shape index (κ2) is 7.56. The molecule has 1 aliphatic carbocycles. The van der Waals surface area contributed by atoms with Crippen molar-refractivity contribution in [2.24, 2.45) is 0 Å². The minimum atomic E-state index is -0.721. The van der Waals surface area contributed by atoms with Gasteiger partial charge in [-0.25, -0.2) is 4.79 Å². The predicted molar refractivity (Wildman–Crippen MR) is 106 cm³/mol. The summed E-state index contributed by atoms with van der Waals surface area (Å²) in [5, 5.41) is 3.93. The zero-order chi connectivity index (χ0) is 18.8. The summed E-state index contributed by atoms with van der Waals surface area (Å²) in [6.45, 7) is 0. The molecule has 6 heteroatoms. The summed E-state index contributed by atoms with van der Waals surface area (Å²) < 4.78 is 4.93. The molecule has 0 saturated heterocycles. The van der Waals surface area contributed by atoms with Gasteiger partial charge in [-0.1, -0.05) is 18.2 Å². The van der Waals surface area contributed by atoms with Gasteiger partial charge in [0.2, 0.25) is 0 Å². The fraction of sp³-hybridized carbons (Fsp3) is 0.333. The Hall–Kier alpha value is -2.60. The van der Waals surface area contributed by atoms with Crippen molar-refractivity contribution in [2.45, 2.75) is 38.1 Å². The van der Waals surface area contributed by atoms with Crippen LogP contribution in [0.1, 0.15) is 38.5 Å². The number of aromatic amines is 1. The number of para-hydroxylation sites is 1. The van der Waals surface area contributed by atoms with Crippen molar-refractivity contribution < 1.29 is 14.3 Å². The minimum Gasteiger partial charge on any atom is -0.467 e. The number of hydrogen-bond acceptors (Lipinski definition) is 4. The van der Waals surface area contributed by atoms with Crippen molar-refractivity contribution in [1.29, 1.82) is 0 Å². The first-order valence-electron chi connectivity index (χ1n) is 9.21. The Morgan fingerprint density at radius 3 is 2.89 bits per heavy atom. The highest BCUT2D eigenvalue weighted by Crippen LogP contribution is 2.29. The first-order valence-corrected chi connectivity index (χ1v) is 10.0. The van der Waals surface area contributed by atoms with Crippen molar-refractivity contribution in [2.75, 3.05) is 7.11 Å². The molecule has 1 atom stereocenters. The predicted octanol–water partition coefficient (Wildman–Crippen LogP) is 3.62. The molecule has 1 aliphatic rings. The van der Waals surface area contributed by atoms with E-state index in [9.17, 15) is 9.59 Å². The van der Waals surface area contributed by atoms with Gasteiger partial charge in [0.25, 0.3) is 5.91 Å². The van der Waals surface area contributed by atoms with Gasteiger partial charge in [0.15, 0.2) is 0 Å². The lowest BCUT2D eigenvalue weighted by Gasteiger charge is -2.15. The quantitative estimate of drug-likeness (QED) is 0.662. The van der Waals surface area contributed by atoms with Crippen LogP contribution in [0.15, 0.2) is 36.5 Å². The number of fused-ring (bicyclic) bond motifs is 2. The summed E-state index contributed by atoms with van der Waals surface area (Å²) in [4.78, 5) is 30.2. The summed E-state index contributed by atoms with van der Waals surface area (Å²) in [6, 6.07) is 9.17. The van der Waals surface area contributed by atoms with E-state index in [1.165, 1.54) is 30.4 Å². The Labute approximate surface area is 161 Å². The lowest BCUT2D eigenvalue weighted by molar-refractivity contribution is -0.142. The molecule has 1 amide bonds. The van der Waals surface area contributed by atoms with E-state index in [0.29, 0.717) is 11.3 Å². The topological polar surface area (TPSA) is 71.2 Å². The lowest BCUT2D eigenvalue weighted by atomic mass is 9.99. The third-order valence-electron chi connectivity index (χ3n) is 5.11. The fourth-order valence-corrected chi connectivity index (χ4v) is 4.84. The number of thiophene rings is 1. The number of H-pyrrole nitrogens is 1. The number of carbonyl (C=O) groups is 2. The number of aryl methyl sites for hydroxylation is 2. The van der Waals surface area contributed by atoms with Crippen molar-refractivity contribution in [1.82, 2.24) is 10.3 Å². The smallest absolute Gasteiger partial charge is 0.328 e. The highest BCUT2D eigenvalue weighted by Gasteiger charge is 2.25. The van der Waals surface area contributed by atoms with Gasteiger partial charge in [0.1, 0.15) is 6.04 Å². The van der Waals surface area contributed by atoms with Gasteiger partial charge in [0.05, 0.1) is 12.0 Å². The summed E-state index contributed by atoms with van der Waals surface area (Å²) in [7, 11) is 1.35. The number of carbonyl (C=O) groups excluding carboxylic acids is 2. The van der Waals surface area contributed by atoms with E-state index in [2.05, 4.69) is 10.3 Å². The third kappa shape index (κ3) is 3.62. The normalized spacial score (nSPS) is 14.6. The Bertz CT molecular complexity index is 965. The molecule has 2 N–H and O–H groups in total. The fourth-order valence-electron chi connectivity index (χ4n) is 3.69. The molecule has 4 rings (SSSR count). The van der Waals surface area contributed by atoms with Gasteiger partial charge in [-0.2, -0.15) is 0 Å². The SMILES string of the molecule is COC(=O)[C@@H](Cc1c[nH]c2ccccc12)NC(=O)c1cc2c(s1)CCCC2. The van der Waals surface area contributed by atoms with Gasteiger partial charge in [-0.3, -0.25) is 4.79 Å². The summed E-state index contributed by atoms with van der Waals surface area (Å²) >= 11 is 1.54. The number of amides is 1. The van der Waals surface area contributed by atoms with E-state index in [-0.39, 0.29) is 5.91 Å². The number of benzene rings is 1. The molecule has 140 valence electrons. The Morgan fingerprint density at radius 2 is 2.07 bits per heavy atom. The molecule has 0 fully saturated rings. The molecule has 3 aromatic rings.